The third kappa shape index (κ3) is 3.63. The Balaban J connectivity index is 1.31. The molecule has 29 heavy (non-hydrogen) atoms. The summed E-state index contributed by atoms with van der Waals surface area (Å²) in [6.45, 7) is -0.0784. The van der Waals surface area contributed by atoms with Crippen molar-refractivity contribution >= 4 is 35.0 Å². The number of carbonyl (C=O) groups excluding carboxylic acids is 4. The van der Waals surface area contributed by atoms with Crippen LogP contribution in [0.1, 0.15) is 0 Å². The molecule has 0 atom stereocenters. The molecule has 2 aliphatic rings. The quantitative estimate of drug-likeness (QED) is 0.553. The Morgan fingerprint density at radius 3 is 1.14 bits per heavy atom. The molecule has 144 valence electrons. The number of amides is 4. The number of imide groups is 2. The lowest BCUT2D eigenvalue weighted by Gasteiger charge is -2.15. The van der Waals surface area contributed by atoms with E-state index in [0.29, 0.717) is 22.9 Å². The molecule has 0 fully saturated rings. The standard InChI is InChI=1S/C21H14N2O6/c24-18-9-10-19(25)22(18)14-1-5-16(6-2-14)28-13-29-17-7-3-15(4-8-17)23-20(26)11-12-21(23)27/h1-12H,13H2. The van der Waals surface area contributed by atoms with Gasteiger partial charge in [-0.1, -0.05) is 0 Å². The number of hydrogen-bond acceptors (Lipinski definition) is 6. The van der Waals surface area contributed by atoms with Crippen molar-refractivity contribution < 1.29 is 28.7 Å². The fourth-order valence-electron chi connectivity index (χ4n) is 2.86. The van der Waals surface area contributed by atoms with Crippen LogP contribution in [0, 0.1) is 0 Å². The van der Waals surface area contributed by atoms with Crippen molar-refractivity contribution in [1.82, 2.24) is 0 Å². The van der Waals surface area contributed by atoms with Gasteiger partial charge in [0.15, 0.2) is 0 Å². The number of rotatable bonds is 6. The molecule has 0 bridgehead atoms. The highest BCUT2D eigenvalue weighted by Crippen LogP contribution is 2.24. The molecule has 0 saturated carbocycles. The lowest BCUT2D eigenvalue weighted by molar-refractivity contribution is -0.121. The van der Waals surface area contributed by atoms with Crippen molar-refractivity contribution in [3.63, 3.8) is 0 Å². The smallest absolute Gasteiger partial charge is 0.258 e. The van der Waals surface area contributed by atoms with E-state index in [2.05, 4.69) is 0 Å². The highest BCUT2D eigenvalue weighted by Gasteiger charge is 2.25. The van der Waals surface area contributed by atoms with Crippen LogP contribution in [-0.4, -0.2) is 30.4 Å². The monoisotopic (exact) mass is 390 g/mol. The molecule has 4 amide bonds. The van der Waals surface area contributed by atoms with E-state index in [1.54, 1.807) is 48.5 Å². The minimum atomic E-state index is -0.386. The molecule has 0 N–H and O–H groups in total. The molecule has 2 aromatic rings. The van der Waals surface area contributed by atoms with E-state index in [1.807, 2.05) is 0 Å². The first-order valence-corrected chi connectivity index (χ1v) is 8.61. The predicted octanol–water partition coefficient (Wildman–Crippen LogP) is 1.96. The van der Waals surface area contributed by atoms with Gasteiger partial charge in [-0.15, -0.1) is 0 Å². The first-order valence-electron chi connectivity index (χ1n) is 8.61. The van der Waals surface area contributed by atoms with Gasteiger partial charge >= 0.3 is 0 Å². The maximum atomic E-state index is 11.7. The summed E-state index contributed by atoms with van der Waals surface area (Å²) < 4.78 is 11.0. The molecule has 4 rings (SSSR count). The normalized spacial score (nSPS) is 15.6. The zero-order chi connectivity index (χ0) is 20.4. The largest absolute Gasteiger partial charge is 0.458 e. The Kier molecular flexibility index (Phi) is 4.66. The van der Waals surface area contributed by atoms with Crippen LogP contribution >= 0.6 is 0 Å². The molecule has 2 aromatic carbocycles. The van der Waals surface area contributed by atoms with Gasteiger partial charge in [0.05, 0.1) is 11.4 Å². The number of benzene rings is 2. The lowest BCUT2D eigenvalue weighted by Crippen LogP contribution is -2.29. The zero-order valence-electron chi connectivity index (χ0n) is 15.0. The number of hydrogen-bond donors (Lipinski definition) is 0. The van der Waals surface area contributed by atoms with Gasteiger partial charge in [0.25, 0.3) is 23.6 Å². The summed E-state index contributed by atoms with van der Waals surface area (Å²) in [4.78, 5) is 48.8. The van der Waals surface area contributed by atoms with Crippen LogP contribution in [0.25, 0.3) is 0 Å². The van der Waals surface area contributed by atoms with Crippen LogP contribution in [0.15, 0.2) is 72.8 Å². The fourth-order valence-corrected chi connectivity index (χ4v) is 2.86. The number of anilines is 2. The Hall–Kier alpha value is -4.20. The summed E-state index contributed by atoms with van der Waals surface area (Å²) in [7, 11) is 0. The first kappa shape index (κ1) is 18.2. The molecule has 8 heteroatoms. The second kappa shape index (κ2) is 7.43. The van der Waals surface area contributed by atoms with Crippen LogP contribution in [-0.2, 0) is 19.2 Å². The van der Waals surface area contributed by atoms with Crippen molar-refractivity contribution in [1.29, 1.82) is 0 Å². The average molecular weight is 390 g/mol. The molecule has 8 nitrogen and oxygen atoms in total. The molecule has 2 aliphatic heterocycles. The van der Waals surface area contributed by atoms with E-state index in [-0.39, 0.29) is 30.4 Å². The van der Waals surface area contributed by atoms with Gasteiger partial charge in [-0.2, -0.15) is 0 Å². The van der Waals surface area contributed by atoms with E-state index < -0.39 is 0 Å². The predicted molar refractivity (Wildman–Crippen MR) is 102 cm³/mol. The van der Waals surface area contributed by atoms with Crippen molar-refractivity contribution in [2.24, 2.45) is 0 Å². The summed E-state index contributed by atoms with van der Waals surface area (Å²) >= 11 is 0. The van der Waals surface area contributed by atoms with Gasteiger partial charge in [-0.05, 0) is 48.5 Å². The zero-order valence-corrected chi connectivity index (χ0v) is 15.0. The maximum Gasteiger partial charge on any atom is 0.258 e. The SMILES string of the molecule is O=C1C=CC(=O)N1c1ccc(OCOc2ccc(N3C(=O)C=CC3=O)cc2)cc1. The van der Waals surface area contributed by atoms with Gasteiger partial charge < -0.3 is 9.47 Å². The topological polar surface area (TPSA) is 93.2 Å². The molecule has 2 heterocycles. The van der Waals surface area contributed by atoms with Crippen LogP contribution in [0.4, 0.5) is 11.4 Å². The summed E-state index contributed by atoms with van der Waals surface area (Å²) in [5, 5.41) is 0. The highest BCUT2D eigenvalue weighted by molar-refractivity contribution is 6.28. The summed E-state index contributed by atoms with van der Waals surface area (Å²) in [6.07, 6.45) is 4.88. The van der Waals surface area contributed by atoms with Crippen LogP contribution in [0.2, 0.25) is 0 Å². The minimum absolute atomic E-state index is 0.0784. The molecular weight excluding hydrogens is 376 g/mol. The number of nitrogens with zero attached hydrogens (tertiary/aromatic N) is 2. The molecule has 0 radical (unpaired) electrons. The molecule has 0 aliphatic carbocycles. The lowest BCUT2D eigenvalue weighted by atomic mass is 10.2. The highest BCUT2D eigenvalue weighted by atomic mass is 16.7. The first-order chi connectivity index (χ1) is 14.0. The van der Waals surface area contributed by atoms with E-state index in [4.69, 9.17) is 9.47 Å². The van der Waals surface area contributed by atoms with Crippen molar-refractivity contribution in [3.8, 4) is 11.5 Å². The third-order valence-corrected chi connectivity index (χ3v) is 4.26. The van der Waals surface area contributed by atoms with Crippen molar-refractivity contribution in [3.05, 3.63) is 72.8 Å². The van der Waals surface area contributed by atoms with Crippen molar-refractivity contribution in [2.75, 3.05) is 16.6 Å². The molecule has 0 unspecified atom stereocenters. The number of carbonyl (C=O) groups is 4. The Morgan fingerprint density at radius 2 is 0.828 bits per heavy atom. The Morgan fingerprint density at radius 1 is 0.517 bits per heavy atom. The van der Waals surface area contributed by atoms with Gasteiger partial charge in [0.2, 0.25) is 6.79 Å². The average Bonchev–Trinajstić information content (AvgIpc) is 3.24. The molecule has 0 saturated heterocycles. The Bertz CT molecular complexity index is 932. The Labute approximate surface area is 165 Å². The number of ether oxygens (including phenoxy) is 2. The van der Waals surface area contributed by atoms with E-state index in [0.717, 1.165) is 9.80 Å². The summed E-state index contributed by atoms with van der Waals surface area (Å²) in [5.41, 5.74) is 0.906. The third-order valence-electron chi connectivity index (χ3n) is 4.26. The summed E-state index contributed by atoms with van der Waals surface area (Å²) in [5.74, 6) is -0.548. The van der Waals surface area contributed by atoms with E-state index >= 15 is 0 Å². The second-order valence-corrected chi connectivity index (χ2v) is 6.08. The van der Waals surface area contributed by atoms with E-state index in [1.165, 1.54) is 24.3 Å². The van der Waals surface area contributed by atoms with Crippen LogP contribution in [0.3, 0.4) is 0 Å². The fraction of sp³-hybridized carbons (Fsp3) is 0.0476. The summed E-state index contributed by atoms with van der Waals surface area (Å²) in [6, 6.07) is 12.9. The van der Waals surface area contributed by atoms with Crippen molar-refractivity contribution in [2.45, 2.75) is 0 Å². The van der Waals surface area contributed by atoms with Crippen LogP contribution < -0.4 is 19.3 Å². The molecule has 0 spiro atoms. The van der Waals surface area contributed by atoms with Gasteiger partial charge in [0.1, 0.15) is 11.5 Å². The van der Waals surface area contributed by atoms with Crippen LogP contribution in [0.5, 0.6) is 11.5 Å². The molecular formula is C21H14N2O6. The molecule has 0 aromatic heterocycles. The van der Waals surface area contributed by atoms with Gasteiger partial charge in [0, 0.05) is 24.3 Å². The maximum absolute atomic E-state index is 11.7. The minimum Gasteiger partial charge on any atom is -0.458 e. The van der Waals surface area contributed by atoms with E-state index in [9.17, 15) is 19.2 Å². The second-order valence-electron chi connectivity index (χ2n) is 6.08. The van der Waals surface area contributed by atoms with Gasteiger partial charge in [-0.3, -0.25) is 19.2 Å². The van der Waals surface area contributed by atoms with Gasteiger partial charge in [-0.25, -0.2) is 9.80 Å².